The van der Waals surface area contributed by atoms with Gasteiger partial charge in [-0.1, -0.05) is 0 Å². The van der Waals surface area contributed by atoms with Crippen molar-refractivity contribution in [2.45, 2.75) is 24.9 Å². The van der Waals surface area contributed by atoms with Gasteiger partial charge in [-0.3, -0.25) is 4.90 Å². The molecule has 0 bridgehead atoms. The highest BCUT2D eigenvalue weighted by molar-refractivity contribution is 7.89. The fourth-order valence-corrected chi connectivity index (χ4v) is 4.40. The Morgan fingerprint density at radius 1 is 1.36 bits per heavy atom. The van der Waals surface area contributed by atoms with E-state index in [4.69, 9.17) is 4.74 Å². The number of aryl methyl sites for hydroxylation is 1. The van der Waals surface area contributed by atoms with Crippen molar-refractivity contribution in [1.29, 1.82) is 0 Å². The molecule has 3 rings (SSSR count). The van der Waals surface area contributed by atoms with E-state index in [1.165, 1.54) is 30.4 Å². The monoisotopic (exact) mass is 385 g/mol. The molecule has 25 heavy (non-hydrogen) atoms. The third kappa shape index (κ3) is 4.83. The molecule has 1 N–H and O–H groups in total. The zero-order valence-electron chi connectivity index (χ0n) is 13.9. The minimum atomic E-state index is -3.69. The van der Waals surface area contributed by atoms with Gasteiger partial charge in [0.2, 0.25) is 10.0 Å². The summed E-state index contributed by atoms with van der Waals surface area (Å²) in [7, 11) is -3.69. The first-order valence-electron chi connectivity index (χ1n) is 7.93. The summed E-state index contributed by atoms with van der Waals surface area (Å²) in [5.41, 5.74) is 1.23. The van der Waals surface area contributed by atoms with Gasteiger partial charge in [0.05, 0.1) is 30.3 Å². The minimum Gasteiger partial charge on any atom is -0.379 e. The van der Waals surface area contributed by atoms with E-state index in [9.17, 15) is 12.8 Å². The van der Waals surface area contributed by atoms with Gasteiger partial charge in [0.25, 0.3) is 0 Å². The van der Waals surface area contributed by atoms with E-state index < -0.39 is 15.8 Å². The van der Waals surface area contributed by atoms with E-state index in [2.05, 4.69) is 14.6 Å². The number of halogens is 1. The summed E-state index contributed by atoms with van der Waals surface area (Å²) >= 11 is 1.42. The molecule has 1 fully saturated rings. The fourth-order valence-electron chi connectivity index (χ4n) is 2.52. The predicted molar refractivity (Wildman–Crippen MR) is 93.4 cm³/mol. The molecule has 136 valence electrons. The van der Waals surface area contributed by atoms with Gasteiger partial charge in [-0.05, 0) is 30.7 Å². The molecule has 0 radical (unpaired) electrons. The van der Waals surface area contributed by atoms with Crippen LogP contribution in [0.2, 0.25) is 0 Å². The molecule has 1 aliphatic rings. The number of ether oxygens (including phenoxy) is 1. The molecule has 1 aromatic heterocycles. The highest BCUT2D eigenvalue weighted by atomic mass is 32.2. The summed E-state index contributed by atoms with van der Waals surface area (Å²) in [6.45, 7) is 5.61. The SMILES string of the molecule is Cc1cc(S(=O)(=O)NCc2nc(CN3CCOCC3)cs2)ccc1F. The van der Waals surface area contributed by atoms with Crippen LogP contribution in [-0.4, -0.2) is 44.6 Å². The summed E-state index contributed by atoms with van der Waals surface area (Å²) in [6, 6.07) is 3.74. The van der Waals surface area contributed by atoms with Crippen molar-refractivity contribution in [3.05, 3.63) is 45.7 Å². The number of thiazole rings is 1. The van der Waals surface area contributed by atoms with Gasteiger partial charge in [0.15, 0.2) is 0 Å². The van der Waals surface area contributed by atoms with Crippen molar-refractivity contribution >= 4 is 21.4 Å². The number of sulfonamides is 1. The number of aromatic nitrogens is 1. The highest BCUT2D eigenvalue weighted by Crippen LogP contribution is 2.16. The number of rotatable bonds is 6. The lowest BCUT2D eigenvalue weighted by Crippen LogP contribution is -2.35. The molecule has 6 nitrogen and oxygen atoms in total. The largest absolute Gasteiger partial charge is 0.379 e. The van der Waals surface area contributed by atoms with Gasteiger partial charge < -0.3 is 4.74 Å². The second kappa shape index (κ2) is 7.88. The van der Waals surface area contributed by atoms with Crippen LogP contribution >= 0.6 is 11.3 Å². The molecule has 2 aromatic rings. The fraction of sp³-hybridized carbons (Fsp3) is 0.438. The van der Waals surface area contributed by atoms with Gasteiger partial charge in [-0.2, -0.15) is 0 Å². The van der Waals surface area contributed by atoms with Gasteiger partial charge in [-0.25, -0.2) is 22.5 Å². The van der Waals surface area contributed by atoms with E-state index in [1.807, 2.05) is 5.38 Å². The van der Waals surface area contributed by atoms with Crippen molar-refractivity contribution in [3.63, 3.8) is 0 Å². The maximum absolute atomic E-state index is 13.3. The molecule has 0 saturated carbocycles. The Morgan fingerprint density at radius 3 is 2.84 bits per heavy atom. The van der Waals surface area contributed by atoms with Crippen LogP contribution in [0.4, 0.5) is 4.39 Å². The zero-order valence-corrected chi connectivity index (χ0v) is 15.5. The van der Waals surface area contributed by atoms with Crippen LogP contribution in [0.3, 0.4) is 0 Å². The molecule has 0 unspecified atom stereocenters. The Hall–Kier alpha value is -1.39. The molecule has 1 saturated heterocycles. The second-order valence-corrected chi connectivity index (χ2v) is 8.57. The van der Waals surface area contributed by atoms with Crippen molar-refractivity contribution < 1.29 is 17.5 Å². The average Bonchev–Trinajstić information content (AvgIpc) is 3.04. The number of hydrogen-bond donors (Lipinski definition) is 1. The summed E-state index contributed by atoms with van der Waals surface area (Å²) < 4.78 is 45.8. The van der Waals surface area contributed by atoms with E-state index in [0.717, 1.165) is 44.6 Å². The van der Waals surface area contributed by atoms with Crippen LogP contribution in [0, 0.1) is 12.7 Å². The maximum atomic E-state index is 13.3. The molecule has 0 aliphatic carbocycles. The van der Waals surface area contributed by atoms with Crippen LogP contribution in [0.25, 0.3) is 0 Å². The van der Waals surface area contributed by atoms with Crippen molar-refractivity contribution in [2.75, 3.05) is 26.3 Å². The quantitative estimate of drug-likeness (QED) is 0.822. The van der Waals surface area contributed by atoms with Gasteiger partial charge >= 0.3 is 0 Å². The Bertz CT molecular complexity index is 833. The lowest BCUT2D eigenvalue weighted by molar-refractivity contribution is 0.0337. The number of nitrogens with one attached hydrogen (secondary N) is 1. The molecular weight excluding hydrogens is 365 g/mol. The van der Waals surface area contributed by atoms with Crippen LogP contribution in [0.1, 0.15) is 16.3 Å². The number of hydrogen-bond acceptors (Lipinski definition) is 6. The lowest BCUT2D eigenvalue weighted by atomic mass is 10.2. The predicted octanol–water partition coefficient (Wildman–Crippen LogP) is 1.90. The first-order valence-corrected chi connectivity index (χ1v) is 10.3. The van der Waals surface area contributed by atoms with Crippen molar-refractivity contribution in [1.82, 2.24) is 14.6 Å². The molecule has 1 aromatic carbocycles. The first-order chi connectivity index (χ1) is 11.9. The Labute approximate surface area is 150 Å². The van der Waals surface area contributed by atoms with Crippen molar-refractivity contribution in [2.24, 2.45) is 0 Å². The topological polar surface area (TPSA) is 71.5 Å². The van der Waals surface area contributed by atoms with E-state index in [1.54, 1.807) is 0 Å². The zero-order chi connectivity index (χ0) is 17.9. The molecule has 0 atom stereocenters. The van der Waals surface area contributed by atoms with Gasteiger partial charge in [-0.15, -0.1) is 11.3 Å². The Kier molecular flexibility index (Phi) is 5.80. The highest BCUT2D eigenvalue weighted by Gasteiger charge is 2.17. The maximum Gasteiger partial charge on any atom is 0.240 e. The summed E-state index contributed by atoms with van der Waals surface area (Å²) in [5.74, 6) is -0.424. The number of nitrogens with zero attached hydrogens (tertiary/aromatic N) is 2. The van der Waals surface area contributed by atoms with E-state index in [-0.39, 0.29) is 11.4 Å². The summed E-state index contributed by atoms with van der Waals surface area (Å²) in [5, 5.41) is 2.65. The standard InChI is InChI=1S/C16H20FN3O3S2/c1-12-8-14(2-3-15(12)17)25(21,22)18-9-16-19-13(11-24-16)10-20-4-6-23-7-5-20/h2-3,8,11,18H,4-7,9-10H2,1H3. The third-order valence-corrected chi connectivity index (χ3v) is 6.24. The number of benzene rings is 1. The van der Waals surface area contributed by atoms with Crippen LogP contribution in [0.5, 0.6) is 0 Å². The van der Waals surface area contributed by atoms with Crippen LogP contribution < -0.4 is 4.72 Å². The van der Waals surface area contributed by atoms with E-state index >= 15 is 0 Å². The normalized spacial score (nSPS) is 16.2. The third-order valence-electron chi connectivity index (χ3n) is 3.94. The summed E-state index contributed by atoms with van der Waals surface area (Å²) in [6.07, 6.45) is 0. The van der Waals surface area contributed by atoms with Crippen LogP contribution in [-0.2, 0) is 27.8 Å². The smallest absolute Gasteiger partial charge is 0.240 e. The molecule has 9 heteroatoms. The minimum absolute atomic E-state index is 0.0523. The average molecular weight is 385 g/mol. The van der Waals surface area contributed by atoms with Crippen LogP contribution in [0.15, 0.2) is 28.5 Å². The van der Waals surface area contributed by atoms with Crippen molar-refractivity contribution in [3.8, 4) is 0 Å². The summed E-state index contributed by atoms with van der Waals surface area (Å²) in [4.78, 5) is 6.79. The molecular formula is C16H20FN3O3S2. The Balaban J connectivity index is 1.60. The lowest BCUT2D eigenvalue weighted by Gasteiger charge is -2.25. The van der Waals surface area contributed by atoms with Gasteiger partial charge in [0.1, 0.15) is 10.8 Å². The van der Waals surface area contributed by atoms with E-state index in [0.29, 0.717) is 10.6 Å². The molecule has 1 aliphatic heterocycles. The molecule has 0 spiro atoms. The number of morpholine rings is 1. The second-order valence-electron chi connectivity index (χ2n) is 5.86. The van der Waals surface area contributed by atoms with Gasteiger partial charge in [0, 0.05) is 25.0 Å². The molecule has 2 heterocycles. The first kappa shape index (κ1) is 18.4. The Morgan fingerprint density at radius 2 is 2.12 bits per heavy atom. The molecule has 0 amide bonds.